The Morgan fingerprint density at radius 1 is 1.00 bits per heavy atom. The predicted molar refractivity (Wildman–Crippen MR) is 98.2 cm³/mol. The zero-order valence-corrected chi connectivity index (χ0v) is 15.4. The largest absolute Gasteiger partial charge is 0.302 e. The highest BCUT2D eigenvalue weighted by atomic mass is 15.4. The Labute approximate surface area is 145 Å². The van der Waals surface area contributed by atoms with Crippen LogP contribution in [0.4, 0.5) is 5.95 Å². The summed E-state index contributed by atoms with van der Waals surface area (Å²) in [6.45, 7) is 11.0. The lowest BCUT2D eigenvalue weighted by Gasteiger charge is -2.29. The number of hydrogen-bond donors (Lipinski definition) is 2. The number of hydrogen-bond acceptors (Lipinski definition) is 4. The van der Waals surface area contributed by atoms with Gasteiger partial charge in [0.1, 0.15) is 13.1 Å². The predicted octanol–water partition coefficient (Wildman–Crippen LogP) is 3.35. The van der Waals surface area contributed by atoms with Gasteiger partial charge < -0.3 is 5.43 Å². The quantitative estimate of drug-likeness (QED) is 0.660. The molecular weight excluding hydrogens is 298 g/mol. The van der Waals surface area contributed by atoms with Gasteiger partial charge in [-0.25, -0.2) is 14.5 Å². The molecule has 1 saturated heterocycles. The zero-order chi connectivity index (χ0) is 17.2. The molecule has 1 fully saturated rings. The van der Waals surface area contributed by atoms with Gasteiger partial charge in [0.25, 0.3) is 0 Å². The van der Waals surface area contributed by atoms with Crippen molar-refractivity contribution in [1.29, 1.82) is 0 Å². The van der Waals surface area contributed by atoms with Crippen molar-refractivity contribution in [1.82, 2.24) is 15.4 Å². The molecule has 3 rings (SSSR count). The summed E-state index contributed by atoms with van der Waals surface area (Å²) in [5, 5.41) is 0. The molecule has 0 amide bonds. The maximum absolute atomic E-state index is 4.43. The number of allylic oxidation sites excluding steroid dienone is 2. The van der Waals surface area contributed by atoms with Crippen molar-refractivity contribution >= 4 is 11.7 Å². The Bertz CT molecular complexity index is 644. The first-order valence-corrected chi connectivity index (χ1v) is 9.07. The van der Waals surface area contributed by atoms with Crippen LogP contribution in [0.15, 0.2) is 17.8 Å². The molecule has 24 heavy (non-hydrogen) atoms. The third-order valence-corrected chi connectivity index (χ3v) is 4.74. The summed E-state index contributed by atoms with van der Waals surface area (Å²) in [4.78, 5) is 8.87. The summed E-state index contributed by atoms with van der Waals surface area (Å²) in [6, 6.07) is 1.98. The second-order valence-corrected chi connectivity index (χ2v) is 7.85. The summed E-state index contributed by atoms with van der Waals surface area (Å²) in [5.41, 5.74) is 11.5. The number of nitrogens with zero attached hydrogens (tertiary/aromatic N) is 3. The Morgan fingerprint density at radius 2 is 1.67 bits per heavy atom. The van der Waals surface area contributed by atoms with Gasteiger partial charge in [-0.3, -0.25) is 5.43 Å². The van der Waals surface area contributed by atoms with E-state index in [1.807, 2.05) is 19.9 Å². The lowest BCUT2D eigenvalue weighted by Crippen LogP contribution is -2.36. The maximum atomic E-state index is 4.43. The normalized spacial score (nSPS) is 20.6. The van der Waals surface area contributed by atoms with Crippen LogP contribution in [0.25, 0.3) is 0 Å². The molecule has 5 heteroatoms. The second kappa shape index (κ2) is 6.91. The van der Waals surface area contributed by atoms with Gasteiger partial charge in [0, 0.05) is 36.3 Å². The molecule has 0 atom stereocenters. The molecule has 2 heterocycles. The molecule has 0 radical (unpaired) electrons. The van der Waals surface area contributed by atoms with E-state index < -0.39 is 0 Å². The number of aromatic nitrogens is 2. The standard InChI is InChI=1S/C19H30N5/c1-14-10-15(2)21-18(20-14)23-22-16-11-17(13-19(3,4)12-16)24-8-6-5-7-9-24/h10,12,22H,5-9,11,13H2,1-4H3,(H,20,21,23)/q+1. The Kier molecular flexibility index (Phi) is 4.88. The molecule has 2 N–H and O–H groups in total. The first-order valence-electron chi connectivity index (χ1n) is 9.07. The van der Waals surface area contributed by atoms with Crippen molar-refractivity contribution in [2.24, 2.45) is 5.41 Å². The van der Waals surface area contributed by atoms with E-state index in [-0.39, 0.29) is 5.41 Å². The molecule has 2 aliphatic rings. The minimum Gasteiger partial charge on any atom is -0.302 e. The highest BCUT2D eigenvalue weighted by molar-refractivity contribution is 5.84. The number of hydrazine groups is 1. The summed E-state index contributed by atoms with van der Waals surface area (Å²) < 4.78 is 2.60. The third kappa shape index (κ3) is 4.34. The van der Waals surface area contributed by atoms with Gasteiger partial charge in [0.2, 0.25) is 5.95 Å². The van der Waals surface area contributed by atoms with Gasteiger partial charge in [0.15, 0.2) is 5.71 Å². The van der Waals surface area contributed by atoms with E-state index in [0.717, 1.165) is 24.2 Å². The van der Waals surface area contributed by atoms with Crippen LogP contribution < -0.4 is 10.9 Å². The molecular formula is C19H30N5+. The molecule has 1 aliphatic carbocycles. The van der Waals surface area contributed by atoms with Crippen molar-refractivity contribution in [2.75, 3.05) is 18.5 Å². The average Bonchev–Trinajstić information content (AvgIpc) is 2.51. The fraction of sp³-hybridized carbons (Fsp3) is 0.632. The van der Waals surface area contributed by atoms with Crippen molar-refractivity contribution in [3.8, 4) is 0 Å². The van der Waals surface area contributed by atoms with Crippen LogP contribution in [0.5, 0.6) is 0 Å². The number of piperidine rings is 1. The smallest absolute Gasteiger partial charge is 0.242 e. The van der Waals surface area contributed by atoms with Crippen LogP contribution in [-0.2, 0) is 0 Å². The highest BCUT2D eigenvalue weighted by Crippen LogP contribution is 2.31. The first kappa shape index (κ1) is 16.9. The maximum Gasteiger partial charge on any atom is 0.242 e. The van der Waals surface area contributed by atoms with Crippen LogP contribution in [0.2, 0.25) is 0 Å². The van der Waals surface area contributed by atoms with E-state index in [1.165, 1.54) is 38.0 Å². The van der Waals surface area contributed by atoms with Crippen molar-refractivity contribution < 1.29 is 4.58 Å². The number of anilines is 1. The minimum atomic E-state index is 0.179. The van der Waals surface area contributed by atoms with E-state index in [1.54, 1.807) is 5.71 Å². The van der Waals surface area contributed by atoms with Gasteiger partial charge in [-0.15, -0.1) is 0 Å². The number of rotatable bonds is 3. The molecule has 130 valence electrons. The minimum absolute atomic E-state index is 0.179. The fourth-order valence-corrected chi connectivity index (χ4v) is 3.81. The Morgan fingerprint density at radius 3 is 2.33 bits per heavy atom. The van der Waals surface area contributed by atoms with E-state index in [0.29, 0.717) is 5.95 Å². The summed E-state index contributed by atoms with van der Waals surface area (Å²) in [6.07, 6.45) is 8.51. The molecule has 0 saturated carbocycles. The van der Waals surface area contributed by atoms with Gasteiger partial charge >= 0.3 is 0 Å². The lowest BCUT2D eigenvalue weighted by molar-refractivity contribution is -0.539. The Balaban J connectivity index is 1.73. The van der Waals surface area contributed by atoms with Crippen LogP contribution in [0.3, 0.4) is 0 Å². The van der Waals surface area contributed by atoms with E-state index >= 15 is 0 Å². The number of aryl methyl sites for hydroxylation is 2. The van der Waals surface area contributed by atoms with Gasteiger partial charge in [-0.05, 0) is 31.7 Å². The summed E-state index contributed by atoms with van der Waals surface area (Å²) in [5.74, 6) is 0.635. The van der Waals surface area contributed by atoms with Crippen LogP contribution >= 0.6 is 0 Å². The van der Waals surface area contributed by atoms with Gasteiger partial charge in [-0.2, -0.15) is 0 Å². The van der Waals surface area contributed by atoms with Crippen LogP contribution in [0, 0.1) is 19.3 Å². The molecule has 5 nitrogen and oxygen atoms in total. The van der Waals surface area contributed by atoms with Crippen molar-refractivity contribution in [2.45, 2.75) is 59.8 Å². The van der Waals surface area contributed by atoms with Crippen LogP contribution in [0.1, 0.15) is 57.3 Å². The fourth-order valence-electron chi connectivity index (χ4n) is 3.81. The topological polar surface area (TPSA) is 52.9 Å². The molecule has 1 aromatic heterocycles. The lowest BCUT2D eigenvalue weighted by atomic mass is 9.80. The van der Waals surface area contributed by atoms with E-state index in [2.05, 4.69) is 45.3 Å². The van der Waals surface area contributed by atoms with Crippen molar-refractivity contribution in [3.63, 3.8) is 0 Å². The third-order valence-electron chi connectivity index (χ3n) is 4.74. The molecule has 1 aromatic rings. The monoisotopic (exact) mass is 328 g/mol. The first-order chi connectivity index (χ1) is 11.4. The average molecular weight is 328 g/mol. The molecule has 0 spiro atoms. The second-order valence-electron chi connectivity index (χ2n) is 7.85. The summed E-state index contributed by atoms with van der Waals surface area (Å²) >= 11 is 0. The van der Waals surface area contributed by atoms with Crippen molar-refractivity contribution in [3.05, 3.63) is 29.2 Å². The molecule has 0 bridgehead atoms. The highest BCUT2D eigenvalue weighted by Gasteiger charge is 2.31. The SMILES string of the molecule is Cc1cc(C)nc(NNC2=CC(C)(C)CC(=[N+]3CCCCC3)C2)n1. The number of nitrogens with one attached hydrogen (secondary N) is 2. The van der Waals surface area contributed by atoms with E-state index in [4.69, 9.17) is 0 Å². The van der Waals surface area contributed by atoms with Gasteiger partial charge in [-0.1, -0.05) is 19.9 Å². The van der Waals surface area contributed by atoms with Gasteiger partial charge in [0.05, 0.1) is 6.42 Å². The van der Waals surface area contributed by atoms with E-state index in [9.17, 15) is 0 Å². The zero-order valence-electron chi connectivity index (χ0n) is 15.4. The Hall–Kier alpha value is -1.91. The van der Waals surface area contributed by atoms with Crippen LogP contribution in [-0.4, -0.2) is 33.3 Å². The molecule has 0 aromatic carbocycles. The summed E-state index contributed by atoms with van der Waals surface area (Å²) in [7, 11) is 0. The molecule has 0 unspecified atom stereocenters. The molecule has 1 aliphatic heterocycles.